The van der Waals surface area contributed by atoms with Gasteiger partial charge in [0.1, 0.15) is 12.6 Å². The standard InChI is InChI=1S/C23H37N7O6.C4H10N2O.2C2H6/c1-15(2)21(29-20(33)12-26-18(31)11-24)22(34)27-13-19(32)28-17-7-5-16(6-8-17)14-36-23(35)30(4)10-9-25-3;1-2-3-6-4(5)7;2*1-2/h5-8,15,21,25H,9-14,24H2,1-4H3,(H,26,31)(H,27,34)(H,28,32)(H,29,33);2-3H2,1H3,(H3,5,6,7);2*1-2H3. The van der Waals surface area contributed by atoms with Gasteiger partial charge in [-0.3, -0.25) is 19.2 Å². The largest absolute Gasteiger partial charge is 0.445 e. The van der Waals surface area contributed by atoms with E-state index in [9.17, 15) is 28.8 Å². The lowest BCUT2D eigenvalue weighted by atomic mass is 10.0. The molecule has 10 N–H and O–H groups in total. The number of amides is 7. The van der Waals surface area contributed by atoms with Crippen molar-refractivity contribution < 1.29 is 33.5 Å². The molecule has 0 aromatic heterocycles. The van der Waals surface area contributed by atoms with Crippen molar-refractivity contribution in [1.29, 1.82) is 0 Å². The second-order valence-electron chi connectivity index (χ2n) is 9.60. The molecule has 1 atom stereocenters. The first-order chi connectivity index (χ1) is 22.3. The number of nitrogens with zero attached hydrogens (tertiary/aromatic N) is 1. The molecule has 1 unspecified atom stereocenters. The fourth-order valence-corrected chi connectivity index (χ4v) is 3.05. The Morgan fingerprint density at radius 1 is 0.851 bits per heavy atom. The van der Waals surface area contributed by atoms with Gasteiger partial charge in [-0.2, -0.15) is 0 Å². The first kappa shape index (κ1) is 47.0. The molecule has 0 radical (unpaired) electrons. The normalized spacial score (nSPS) is 10.1. The molecular formula is C31H59N9O7. The van der Waals surface area contributed by atoms with Crippen LogP contribution in [0.15, 0.2) is 24.3 Å². The van der Waals surface area contributed by atoms with Crippen LogP contribution in [0.4, 0.5) is 15.3 Å². The quantitative estimate of drug-likeness (QED) is 0.124. The van der Waals surface area contributed by atoms with Crippen LogP contribution < -0.4 is 43.4 Å². The van der Waals surface area contributed by atoms with Crippen LogP contribution in [0.1, 0.15) is 60.5 Å². The maximum atomic E-state index is 12.5. The summed E-state index contributed by atoms with van der Waals surface area (Å²) in [6.07, 6.45) is 0.498. The minimum absolute atomic E-state index is 0.0885. The van der Waals surface area contributed by atoms with Gasteiger partial charge in [-0.1, -0.05) is 60.6 Å². The number of benzene rings is 1. The molecule has 1 aromatic rings. The van der Waals surface area contributed by atoms with Crippen LogP contribution in [0.5, 0.6) is 0 Å². The number of nitrogens with two attached hydrogens (primary N) is 2. The highest BCUT2D eigenvalue weighted by molar-refractivity contribution is 5.96. The predicted octanol–water partition coefficient (Wildman–Crippen LogP) is 0.862. The highest BCUT2D eigenvalue weighted by Gasteiger charge is 2.24. The summed E-state index contributed by atoms with van der Waals surface area (Å²) in [5, 5.41) is 15.4. The van der Waals surface area contributed by atoms with Crippen LogP contribution in [0.2, 0.25) is 0 Å². The van der Waals surface area contributed by atoms with Crippen LogP contribution in [0.25, 0.3) is 0 Å². The van der Waals surface area contributed by atoms with Gasteiger partial charge in [0.15, 0.2) is 0 Å². The molecule has 0 spiro atoms. The Kier molecular flexibility index (Phi) is 30.2. The Balaban J connectivity index is -0.00000153. The van der Waals surface area contributed by atoms with E-state index in [1.165, 1.54) is 4.90 Å². The van der Waals surface area contributed by atoms with Crippen LogP contribution in [0.3, 0.4) is 0 Å². The zero-order valence-corrected chi connectivity index (χ0v) is 29.6. The summed E-state index contributed by atoms with van der Waals surface area (Å²) in [6, 6.07) is 5.40. The third-order valence-electron chi connectivity index (χ3n) is 5.48. The molecule has 270 valence electrons. The lowest BCUT2D eigenvalue weighted by Crippen LogP contribution is -2.53. The molecule has 0 heterocycles. The van der Waals surface area contributed by atoms with E-state index in [4.69, 9.17) is 16.2 Å². The summed E-state index contributed by atoms with van der Waals surface area (Å²) in [6.45, 7) is 14.5. The van der Waals surface area contributed by atoms with Gasteiger partial charge in [-0.25, -0.2) is 9.59 Å². The van der Waals surface area contributed by atoms with Crippen molar-refractivity contribution >= 4 is 41.4 Å². The van der Waals surface area contributed by atoms with E-state index in [2.05, 4.69) is 31.9 Å². The summed E-state index contributed by atoms with van der Waals surface area (Å²) in [4.78, 5) is 71.2. The van der Waals surface area contributed by atoms with Crippen molar-refractivity contribution in [3.63, 3.8) is 0 Å². The van der Waals surface area contributed by atoms with Gasteiger partial charge in [0.2, 0.25) is 23.6 Å². The molecule has 0 saturated carbocycles. The van der Waals surface area contributed by atoms with Gasteiger partial charge in [-0.15, -0.1) is 0 Å². The van der Waals surface area contributed by atoms with E-state index in [1.54, 1.807) is 52.2 Å². The minimum Gasteiger partial charge on any atom is -0.445 e. The smallest absolute Gasteiger partial charge is 0.409 e. The third kappa shape index (κ3) is 25.4. The van der Waals surface area contributed by atoms with E-state index >= 15 is 0 Å². The van der Waals surface area contributed by atoms with Crippen molar-refractivity contribution in [2.24, 2.45) is 17.4 Å². The second kappa shape index (κ2) is 30.2. The number of anilines is 1. The van der Waals surface area contributed by atoms with Gasteiger partial charge in [0, 0.05) is 32.4 Å². The van der Waals surface area contributed by atoms with E-state index in [0.29, 0.717) is 25.3 Å². The zero-order chi connectivity index (χ0) is 36.8. The van der Waals surface area contributed by atoms with Gasteiger partial charge in [0.05, 0.1) is 19.6 Å². The van der Waals surface area contributed by atoms with Gasteiger partial charge >= 0.3 is 12.1 Å². The maximum absolute atomic E-state index is 12.5. The first-order valence-electron chi connectivity index (χ1n) is 15.8. The number of rotatable bonds is 16. The Morgan fingerprint density at radius 2 is 1.43 bits per heavy atom. The number of hydrogen-bond donors (Lipinski definition) is 8. The second-order valence-corrected chi connectivity index (χ2v) is 9.60. The molecule has 0 saturated heterocycles. The van der Waals surface area contributed by atoms with E-state index in [-0.39, 0.29) is 32.2 Å². The molecular weight excluding hydrogens is 610 g/mol. The molecule has 0 bridgehead atoms. The molecule has 47 heavy (non-hydrogen) atoms. The summed E-state index contributed by atoms with van der Waals surface area (Å²) < 4.78 is 5.24. The van der Waals surface area contributed by atoms with Crippen molar-refractivity contribution in [2.45, 2.75) is 67.5 Å². The Bertz CT molecular complexity index is 1040. The zero-order valence-electron chi connectivity index (χ0n) is 29.6. The van der Waals surface area contributed by atoms with Gasteiger partial charge < -0.3 is 53.0 Å². The molecule has 0 aliphatic heterocycles. The third-order valence-corrected chi connectivity index (χ3v) is 5.48. The SMILES string of the molecule is CC.CC.CCCNC(N)=O.CNCCN(C)C(=O)OCc1ccc(NC(=O)CNC(=O)C(NC(=O)CNC(=O)CN)C(C)C)cc1. The van der Waals surface area contributed by atoms with Crippen molar-refractivity contribution in [3.05, 3.63) is 29.8 Å². The van der Waals surface area contributed by atoms with Crippen LogP contribution in [-0.2, 0) is 30.5 Å². The van der Waals surface area contributed by atoms with Gasteiger partial charge in [-0.05, 0) is 37.1 Å². The van der Waals surface area contributed by atoms with Crippen molar-refractivity contribution in [2.75, 3.05) is 58.7 Å². The average Bonchev–Trinajstić information content (AvgIpc) is 3.07. The number of carbonyl (C=O) groups is 6. The summed E-state index contributed by atoms with van der Waals surface area (Å²) in [5.74, 6) is -2.29. The number of primary amides is 1. The molecule has 1 rings (SSSR count). The predicted molar refractivity (Wildman–Crippen MR) is 184 cm³/mol. The lowest BCUT2D eigenvalue weighted by molar-refractivity contribution is -0.131. The Hall–Kier alpha value is -4.44. The van der Waals surface area contributed by atoms with E-state index in [1.807, 2.05) is 34.6 Å². The van der Waals surface area contributed by atoms with E-state index < -0.39 is 41.8 Å². The molecule has 7 amide bonds. The van der Waals surface area contributed by atoms with Gasteiger partial charge in [0.25, 0.3) is 0 Å². The van der Waals surface area contributed by atoms with Crippen molar-refractivity contribution in [1.82, 2.24) is 31.5 Å². The lowest BCUT2D eigenvalue weighted by Gasteiger charge is -2.21. The summed E-state index contributed by atoms with van der Waals surface area (Å²) in [5.41, 5.74) is 11.1. The number of ether oxygens (including phenoxy) is 1. The molecule has 16 nitrogen and oxygen atoms in total. The number of likely N-dealkylation sites (N-methyl/N-ethyl adjacent to an activating group) is 2. The Labute approximate surface area is 279 Å². The monoisotopic (exact) mass is 669 g/mol. The first-order valence-corrected chi connectivity index (χ1v) is 15.8. The number of carbonyl (C=O) groups excluding carboxylic acids is 6. The van der Waals surface area contributed by atoms with Crippen LogP contribution in [-0.4, -0.2) is 100 Å². The summed E-state index contributed by atoms with van der Waals surface area (Å²) in [7, 11) is 3.45. The average molecular weight is 670 g/mol. The van der Waals surface area contributed by atoms with E-state index in [0.717, 1.165) is 12.0 Å². The Morgan fingerprint density at radius 3 is 1.89 bits per heavy atom. The molecule has 0 aliphatic carbocycles. The number of hydrogen-bond acceptors (Lipinski definition) is 9. The van der Waals surface area contributed by atoms with Crippen LogP contribution >= 0.6 is 0 Å². The number of urea groups is 1. The van der Waals surface area contributed by atoms with Crippen LogP contribution in [0, 0.1) is 5.92 Å². The highest BCUT2D eigenvalue weighted by atomic mass is 16.6. The fraction of sp³-hybridized carbons (Fsp3) is 0.613. The molecule has 1 aromatic carbocycles. The molecule has 0 aliphatic rings. The van der Waals surface area contributed by atoms with Crippen molar-refractivity contribution in [3.8, 4) is 0 Å². The number of nitrogens with one attached hydrogen (secondary N) is 6. The molecule has 16 heteroatoms. The fourth-order valence-electron chi connectivity index (χ4n) is 3.05. The minimum atomic E-state index is -0.889. The maximum Gasteiger partial charge on any atom is 0.409 e. The topological polar surface area (TPSA) is 239 Å². The highest BCUT2D eigenvalue weighted by Crippen LogP contribution is 2.11. The summed E-state index contributed by atoms with van der Waals surface area (Å²) >= 11 is 0. The molecule has 0 fully saturated rings.